The van der Waals surface area contributed by atoms with Gasteiger partial charge in [-0.3, -0.25) is 28.5 Å². The molecule has 0 aromatic heterocycles. The van der Waals surface area contributed by atoms with Crippen molar-refractivity contribution in [3.8, 4) is 0 Å². The Morgan fingerprint density at radius 1 is 0.513 bits per heavy atom. The molecule has 78 heavy (non-hydrogen) atoms. The van der Waals surface area contributed by atoms with Gasteiger partial charge in [0.15, 0.2) is 25.2 Å². The van der Waals surface area contributed by atoms with Gasteiger partial charge in [-0.15, -0.1) is 0 Å². The number of amides is 4. The Bertz CT molecular complexity index is 2030. The first-order chi connectivity index (χ1) is 36.9. The summed E-state index contributed by atoms with van der Waals surface area (Å²) >= 11 is 0. The van der Waals surface area contributed by atoms with Gasteiger partial charge < -0.3 is 100 Å². The van der Waals surface area contributed by atoms with Crippen LogP contribution in [0.4, 0.5) is 0 Å². The van der Waals surface area contributed by atoms with E-state index in [-0.39, 0.29) is 6.42 Å². The highest BCUT2D eigenvalue weighted by Crippen LogP contribution is 2.35. The highest BCUT2D eigenvalue weighted by Gasteiger charge is 2.56. The van der Waals surface area contributed by atoms with Crippen LogP contribution in [0.2, 0.25) is 0 Å². The van der Waals surface area contributed by atoms with Crippen LogP contribution in [-0.2, 0) is 76.4 Å². The first-order valence-corrected chi connectivity index (χ1v) is 27.7. The van der Waals surface area contributed by atoms with Gasteiger partial charge in [-0.1, -0.05) is 57.6 Å². The SMILES string of the molecule is CCCCCC/C=C\CCCCCCCC(=O)N[C@H]1C(O)[C@H](O)C(COC(C)=O)O[C@H]1O[C@@H]1C(CO)O[C@@H](O[C@@H]2C(CO)O[C@@H](O[C@@H]3C(COS(=O)(=O)O)O[C@@H](O)[C@@H](NC(C)=O)C3O)[C@@H](NC(C)=O)C2O)[C@@H](NC(C)=O)C1O. The quantitative estimate of drug-likeness (QED) is 0.0143. The van der Waals surface area contributed by atoms with Crippen molar-refractivity contribution in [2.24, 2.45) is 0 Å². The average molecular weight is 1150 g/mol. The summed E-state index contributed by atoms with van der Waals surface area (Å²) in [7, 11) is -5.16. The van der Waals surface area contributed by atoms with Crippen LogP contribution in [0, 0.1) is 0 Å². The molecule has 4 fully saturated rings. The van der Waals surface area contributed by atoms with Gasteiger partial charge in [-0.25, -0.2) is 4.18 Å². The van der Waals surface area contributed by atoms with Crippen molar-refractivity contribution in [3.63, 3.8) is 0 Å². The lowest BCUT2D eigenvalue weighted by Gasteiger charge is -2.51. The van der Waals surface area contributed by atoms with E-state index >= 15 is 0 Å². The summed E-state index contributed by atoms with van der Waals surface area (Å²) in [6, 6.07) is -6.66. The molecule has 0 aliphatic carbocycles. The van der Waals surface area contributed by atoms with Gasteiger partial charge in [0.25, 0.3) is 0 Å². The molecule has 29 nitrogen and oxygen atoms in total. The minimum absolute atomic E-state index is 0.00649. The summed E-state index contributed by atoms with van der Waals surface area (Å²) < 4.78 is 83.3. The van der Waals surface area contributed by atoms with Gasteiger partial charge in [-0.05, 0) is 32.1 Å². The van der Waals surface area contributed by atoms with E-state index in [0.717, 1.165) is 66.2 Å². The number of esters is 1. The summed E-state index contributed by atoms with van der Waals surface area (Å²) in [5.74, 6) is -3.72. The largest absolute Gasteiger partial charge is 0.463 e. The van der Waals surface area contributed by atoms with Crippen molar-refractivity contribution < 1.29 is 120 Å². The number of aliphatic hydroxyl groups is 8. The lowest BCUT2D eigenvalue weighted by molar-refractivity contribution is -0.361. The average Bonchev–Trinajstić information content (AvgIpc) is 3.42. The fourth-order valence-corrected chi connectivity index (χ4v) is 9.83. The second-order valence-corrected chi connectivity index (χ2v) is 20.8. The van der Waals surface area contributed by atoms with Crippen LogP contribution in [0.3, 0.4) is 0 Å². The van der Waals surface area contributed by atoms with Gasteiger partial charge in [-0.2, -0.15) is 8.42 Å². The maximum atomic E-state index is 13.4. The number of nitrogens with one attached hydrogen (secondary N) is 4. The number of allylic oxidation sites excluding steroid dienone is 2. The minimum atomic E-state index is -5.16. The first kappa shape index (κ1) is 66.9. The third kappa shape index (κ3) is 20.4. The second kappa shape index (κ2) is 32.7. The molecule has 13 N–H and O–H groups in total. The van der Waals surface area contributed by atoms with E-state index in [1.165, 1.54) is 25.7 Å². The molecule has 4 saturated heterocycles. The zero-order chi connectivity index (χ0) is 57.9. The van der Waals surface area contributed by atoms with Crippen molar-refractivity contribution in [1.29, 1.82) is 0 Å². The molecule has 0 bridgehead atoms. The summed E-state index contributed by atoms with van der Waals surface area (Å²) in [5, 5.41) is 99.5. The van der Waals surface area contributed by atoms with Crippen molar-refractivity contribution in [2.75, 3.05) is 26.4 Å². The lowest BCUT2D eigenvalue weighted by Crippen LogP contribution is -2.71. The van der Waals surface area contributed by atoms with E-state index in [1.54, 1.807) is 0 Å². The van der Waals surface area contributed by atoms with Gasteiger partial charge >= 0.3 is 16.4 Å². The molecule has 0 spiro atoms. The van der Waals surface area contributed by atoms with E-state index in [9.17, 15) is 77.8 Å². The maximum absolute atomic E-state index is 13.4. The van der Waals surface area contributed by atoms with Crippen LogP contribution in [0.25, 0.3) is 0 Å². The molecule has 4 aliphatic heterocycles. The van der Waals surface area contributed by atoms with E-state index in [4.69, 9.17) is 37.9 Å². The Morgan fingerprint density at radius 3 is 1.40 bits per heavy atom. The van der Waals surface area contributed by atoms with E-state index in [1.807, 2.05) is 0 Å². The highest BCUT2D eigenvalue weighted by molar-refractivity contribution is 7.80. The number of hydrogen-bond donors (Lipinski definition) is 13. The zero-order valence-corrected chi connectivity index (χ0v) is 45.3. The standard InChI is InChI=1S/C48H82N4O25S/c1-6-7-8-9-10-11-12-13-14-15-16-17-18-19-32(59)52-34-38(61)37(60)30(22-69-27(5)58)74-46(34)75-42-28(20-53)72-47(35(40(42)63)50-25(3)56)76-43-29(21-54)73-48(36(41(43)64)51-26(4)57)77-44-31(23-70-78(66,67)68)71-45(65)33(39(44)62)49-24(2)55/h11-12,28-31,33-48,53-54,60-65H,6-10,13-23H2,1-5H3,(H,49,55)(H,50,56)(H,51,57)(H,52,59)(H,66,67,68)/b12-11-/t28?,29?,30?,31?,33-,34-,35-,36-,37+,38?,39?,40?,41?,42+,43+,44+,45+,46-,47-,48-/m0/s1. The van der Waals surface area contributed by atoms with Crippen LogP contribution < -0.4 is 21.3 Å². The number of rotatable bonds is 30. The first-order valence-electron chi connectivity index (χ1n) is 26.3. The third-order valence-corrected chi connectivity index (χ3v) is 13.8. The maximum Gasteiger partial charge on any atom is 0.397 e. The molecular weight excluding hydrogens is 1060 g/mol. The van der Waals surface area contributed by atoms with Gasteiger partial charge in [0.05, 0.1) is 19.8 Å². The molecule has 0 aromatic rings. The minimum Gasteiger partial charge on any atom is -0.463 e. The van der Waals surface area contributed by atoms with Gasteiger partial charge in [0.1, 0.15) is 104 Å². The van der Waals surface area contributed by atoms with Crippen molar-refractivity contribution in [1.82, 2.24) is 21.3 Å². The molecule has 30 heteroatoms. The third-order valence-electron chi connectivity index (χ3n) is 13.4. The molecule has 4 aliphatic rings. The fourth-order valence-electron chi connectivity index (χ4n) is 9.52. The van der Waals surface area contributed by atoms with Crippen molar-refractivity contribution >= 4 is 40.0 Å². The Hall–Kier alpha value is -3.64. The molecule has 8 unspecified atom stereocenters. The zero-order valence-electron chi connectivity index (χ0n) is 44.5. The molecule has 20 atom stereocenters. The van der Waals surface area contributed by atoms with E-state index in [0.29, 0.717) is 6.42 Å². The van der Waals surface area contributed by atoms with Crippen molar-refractivity contribution in [2.45, 2.75) is 234 Å². The Morgan fingerprint density at radius 2 is 0.936 bits per heavy atom. The number of aliphatic hydroxyl groups excluding tert-OH is 8. The highest BCUT2D eigenvalue weighted by atomic mass is 32.3. The fraction of sp³-hybridized carbons (Fsp3) is 0.854. The van der Waals surface area contributed by atoms with E-state index in [2.05, 4.69) is 44.5 Å². The summed E-state index contributed by atoms with van der Waals surface area (Å²) in [4.78, 5) is 62.5. The molecule has 0 aromatic carbocycles. The monoisotopic (exact) mass is 1150 g/mol. The number of ether oxygens (including phenoxy) is 8. The summed E-state index contributed by atoms with van der Waals surface area (Å²) in [6.45, 7) is 2.66. The van der Waals surface area contributed by atoms with Crippen LogP contribution >= 0.6 is 0 Å². The van der Waals surface area contributed by atoms with Crippen LogP contribution in [0.1, 0.15) is 112 Å². The predicted octanol–water partition coefficient (Wildman–Crippen LogP) is -3.54. The lowest BCUT2D eigenvalue weighted by atomic mass is 9.93. The predicted molar refractivity (Wildman–Crippen MR) is 265 cm³/mol. The molecule has 0 radical (unpaired) electrons. The normalized spacial score (nSPS) is 35.4. The Kier molecular flexibility index (Phi) is 28.0. The smallest absolute Gasteiger partial charge is 0.397 e. The van der Waals surface area contributed by atoms with Crippen LogP contribution in [-0.4, -0.2) is 232 Å². The van der Waals surface area contributed by atoms with Gasteiger partial charge in [0, 0.05) is 34.1 Å². The Balaban J connectivity index is 1.54. The molecule has 4 amide bonds. The molecule has 0 saturated carbocycles. The number of carbonyl (C=O) groups is 5. The molecule has 450 valence electrons. The van der Waals surface area contributed by atoms with Gasteiger partial charge in [0.2, 0.25) is 23.6 Å². The van der Waals surface area contributed by atoms with Crippen molar-refractivity contribution in [3.05, 3.63) is 12.2 Å². The summed E-state index contributed by atoms with van der Waals surface area (Å²) in [6.07, 6.45) is -13.9. The molecular formula is C48H82N4O25S. The number of carbonyl (C=O) groups excluding carboxylic acids is 5. The Labute approximate surface area is 452 Å². The second-order valence-electron chi connectivity index (χ2n) is 19.7. The van der Waals surface area contributed by atoms with Crippen LogP contribution in [0.15, 0.2) is 12.2 Å². The summed E-state index contributed by atoms with van der Waals surface area (Å²) in [5.41, 5.74) is 0. The van der Waals surface area contributed by atoms with E-state index < -0.39 is 189 Å². The molecule has 4 rings (SSSR count). The van der Waals surface area contributed by atoms with Crippen LogP contribution in [0.5, 0.6) is 0 Å². The topological polar surface area (TPSA) is 433 Å². The number of unbranched alkanes of at least 4 members (excludes halogenated alkanes) is 9. The number of hydrogen-bond acceptors (Lipinski definition) is 24. The molecule has 4 heterocycles.